The Morgan fingerprint density at radius 2 is 1.88 bits per heavy atom. The molecule has 0 aliphatic carbocycles. The van der Waals surface area contributed by atoms with Gasteiger partial charge in [-0.05, 0) is 24.1 Å². The molecule has 2 aromatic rings. The number of halogens is 1. The first kappa shape index (κ1) is 25.0. The third kappa shape index (κ3) is 4.98. The minimum absolute atomic E-state index is 0.0624. The first-order valence-corrected chi connectivity index (χ1v) is 10.7. The highest BCUT2D eigenvalue weighted by Gasteiger charge is 2.41. The Balaban J connectivity index is 1.95. The zero-order valence-corrected chi connectivity index (χ0v) is 19.4. The number of likely N-dealkylation sites (N-methyl/N-ethyl adjacent to an activating group) is 1. The highest BCUT2D eigenvalue weighted by atomic mass is 19.1. The van der Waals surface area contributed by atoms with Gasteiger partial charge in [0.25, 0.3) is 5.56 Å². The van der Waals surface area contributed by atoms with Gasteiger partial charge in [-0.3, -0.25) is 23.7 Å². The molecule has 0 bridgehead atoms. The molecule has 0 spiro atoms. The number of ether oxygens (including phenoxy) is 1. The van der Waals surface area contributed by atoms with Gasteiger partial charge in [0, 0.05) is 47.6 Å². The van der Waals surface area contributed by atoms with E-state index in [9.17, 15) is 28.7 Å². The average molecular weight is 474 g/mol. The number of carbonyl (C=O) groups excluding carboxylic acids is 3. The van der Waals surface area contributed by atoms with Crippen LogP contribution in [-0.2, 0) is 27.8 Å². The van der Waals surface area contributed by atoms with Crippen LogP contribution in [0.3, 0.4) is 0 Å². The molecule has 2 atom stereocenters. The molecule has 0 saturated carbocycles. The minimum Gasteiger partial charge on any atom is -0.501 e. The number of Topliss-reactive ketones (excluding diaryl/α,β-unsaturated/α-hetero) is 1. The fourth-order valence-electron chi connectivity index (χ4n) is 3.88. The Bertz CT molecular complexity index is 1160. The van der Waals surface area contributed by atoms with E-state index in [4.69, 9.17) is 4.74 Å². The summed E-state index contributed by atoms with van der Waals surface area (Å²) in [7, 11) is 5.74. The van der Waals surface area contributed by atoms with E-state index in [0.717, 1.165) is 9.47 Å². The molecule has 1 aliphatic heterocycles. The number of methoxy groups -OCH3 is 1. The molecule has 10 nitrogen and oxygen atoms in total. The molecule has 1 saturated heterocycles. The summed E-state index contributed by atoms with van der Waals surface area (Å²) in [5, 5.41) is 10.4. The minimum atomic E-state index is -0.845. The largest absolute Gasteiger partial charge is 0.501 e. The molecule has 34 heavy (non-hydrogen) atoms. The van der Waals surface area contributed by atoms with Gasteiger partial charge in [-0.15, -0.1) is 0 Å². The van der Waals surface area contributed by atoms with Crippen molar-refractivity contribution in [3.05, 3.63) is 57.5 Å². The van der Waals surface area contributed by atoms with Crippen molar-refractivity contribution in [3.8, 4) is 5.75 Å². The summed E-state index contributed by atoms with van der Waals surface area (Å²) in [6, 6.07) is 4.82. The third-order valence-electron chi connectivity index (χ3n) is 5.86. The lowest BCUT2D eigenvalue weighted by Gasteiger charge is -2.26. The van der Waals surface area contributed by atoms with Crippen molar-refractivity contribution < 1.29 is 28.6 Å². The quantitative estimate of drug-likeness (QED) is 0.486. The van der Waals surface area contributed by atoms with Gasteiger partial charge >= 0.3 is 11.8 Å². The smallest absolute Gasteiger partial charge is 0.312 e. The molecule has 1 aliphatic rings. The molecule has 2 amide bonds. The number of aryl methyl sites for hydroxylation is 1. The summed E-state index contributed by atoms with van der Waals surface area (Å²) in [6.45, 7) is 0.101. The maximum absolute atomic E-state index is 13.1. The topological polar surface area (TPSA) is 122 Å². The van der Waals surface area contributed by atoms with Crippen molar-refractivity contribution in [2.24, 2.45) is 7.05 Å². The second-order valence-corrected chi connectivity index (χ2v) is 8.35. The summed E-state index contributed by atoms with van der Waals surface area (Å²) < 4.78 is 19.5. The average Bonchev–Trinajstić information content (AvgIpc) is 3.25. The van der Waals surface area contributed by atoms with Gasteiger partial charge in [0.15, 0.2) is 11.5 Å². The number of aromatic hydroxyl groups is 1. The van der Waals surface area contributed by atoms with E-state index < -0.39 is 52.6 Å². The molecule has 182 valence electrons. The molecule has 11 heteroatoms. The normalized spacial score (nSPS) is 17.6. The molecule has 0 radical (unpaired) electrons. The Hall–Kier alpha value is -3.60. The van der Waals surface area contributed by atoms with Gasteiger partial charge in [-0.1, -0.05) is 12.1 Å². The van der Waals surface area contributed by atoms with Gasteiger partial charge in [0.1, 0.15) is 11.6 Å². The second-order valence-electron chi connectivity index (χ2n) is 8.35. The number of benzene rings is 1. The van der Waals surface area contributed by atoms with Crippen molar-refractivity contribution >= 4 is 17.6 Å². The lowest BCUT2D eigenvalue weighted by molar-refractivity contribution is -0.151. The van der Waals surface area contributed by atoms with Crippen molar-refractivity contribution in [3.63, 3.8) is 0 Å². The van der Waals surface area contributed by atoms with Crippen LogP contribution < -0.4 is 5.56 Å². The van der Waals surface area contributed by atoms with E-state index in [1.54, 1.807) is 12.1 Å². The zero-order chi connectivity index (χ0) is 25.2. The standard InChI is InChI=1S/C23H27FN4O6/c1-26(2)22(32)23(33)28-12-15(34-4)11-16(28)20-25-18(19(30)21(31)27(20)3)17(29)10-7-13-5-8-14(24)9-6-13/h5-6,8-9,15-16,30H,7,10-12H2,1-4H3/t15-,16+/m1/s1. The Morgan fingerprint density at radius 3 is 2.47 bits per heavy atom. The lowest BCUT2D eigenvalue weighted by Crippen LogP contribution is -2.44. The van der Waals surface area contributed by atoms with Crippen LogP contribution in [0.1, 0.15) is 40.8 Å². The van der Waals surface area contributed by atoms with Crippen LogP contribution in [0, 0.1) is 5.82 Å². The van der Waals surface area contributed by atoms with Crippen molar-refractivity contribution in [2.45, 2.75) is 31.4 Å². The number of amides is 2. The van der Waals surface area contributed by atoms with E-state index in [2.05, 4.69) is 4.98 Å². The van der Waals surface area contributed by atoms with Crippen LogP contribution >= 0.6 is 0 Å². The fourth-order valence-corrected chi connectivity index (χ4v) is 3.88. The molecule has 0 unspecified atom stereocenters. The Morgan fingerprint density at radius 1 is 1.24 bits per heavy atom. The maximum atomic E-state index is 13.1. The second kappa shape index (κ2) is 10.1. The van der Waals surface area contributed by atoms with Crippen molar-refractivity contribution in [1.29, 1.82) is 0 Å². The van der Waals surface area contributed by atoms with Crippen LogP contribution in [-0.4, -0.2) is 75.9 Å². The Kier molecular flexibility index (Phi) is 7.45. The van der Waals surface area contributed by atoms with Crippen LogP contribution in [0.15, 0.2) is 29.1 Å². The number of nitrogens with zero attached hydrogens (tertiary/aromatic N) is 4. The van der Waals surface area contributed by atoms with E-state index >= 15 is 0 Å². The highest BCUT2D eigenvalue weighted by Crippen LogP contribution is 2.33. The van der Waals surface area contributed by atoms with Gasteiger partial charge in [0.05, 0.1) is 12.1 Å². The molecule has 1 aromatic heterocycles. The first-order valence-electron chi connectivity index (χ1n) is 10.7. The third-order valence-corrected chi connectivity index (χ3v) is 5.86. The summed E-state index contributed by atoms with van der Waals surface area (Å²) in [4.78, 5) is 57.4. The van der Waals surface area contributed by atoms with Crippen molar-refractivity contribution in [2.75, 3.05) is 27.7 Å². The summed E-state index contributed by atoms with van der Waals surface area (Å²) in [6.07, 6.45) is 0.0117. The van der Waals surface area contributed by atoms with E-state index in [0.29, 0.717) is 5.56 Å². The SMILES string of the molecule is CO[C@@H]1C[C@@H](c2nc(C(=O)CCc3ccc(F)cc3)c(O)c(=O)n2C)N(C(=O)C(=O)N(C)C)C1. The van der Waals surface area contributed by atoms with Gasteiger partial charge < -0.3 is 19.6 Å². The van der Waals surface area contributed by atoms with E-state index in [1.807, 2.05) is 0 Å². The summed E-state index contributed by atoms with van der Waals surface area (Å²) in [5.41, 5.74) is -0.550. The predicted octanol–water partition coefficient (Wildman–Crippen LogP) is 0.817. The molecule has 1 N–H and O–H groups in total. The number of rotatable bonds is 6. The first-order chi connectivity index (χ1) is 16.0. The number of hydrogen-bond acceptors (Lipinski definition) is 7. The van der Waals surface area contributed by atoms with Gasteiger partial charge in [-0.2, -0.15) is 0 Å². The molecule has 2 heterocycles. The van der Waals surface area contributed by atoms with Crippen LogP contribution in [0.4, 0.5) is 4.39 Å². The summed E-state index contributed by atoms with van der Waals surface area (Å²) in [5.74, 6) is -3.25. The zero-order valence-electron chi connectivity index (χ0n) is 19.4. The highest BCUT2D eigenvalue weighted by molar-refractivity contribution is 6.34. The molecule has 3 rings (SSSR count). The monoisotopic (exact) mass is 474 g/mol. The van der Waals surface area contributed by atoms with E-state index in [-0.39, 0.29) is 31.6 Å². The summed E-state index contributed by atoms with van der Waals surface area (Å²) >= 11 is 0. The molecule has 1 fully saturated rings. The lowest BCUT2D eigenvalue weighted by atomic mass is 10.1. The van der Waals surface area contributed by atoms with Gasteiger partial charge in [-0.25, -0.2) is 9.37 Å². The number of hydrogen-bond donors (Lipinski definition) is 1. The maximum Gasteiger partial charge on any atom is 0.312 e. The predicted molar refractivity (Wildman–Crippen MR) is 119 cm³/mol. The molecular formula is C23H27FN4O6. The molecular weight excluding hydrogens is 447 g/mol. The number of aromatic nitrogens is 2. The molecule has 1 aromatic carbocycles. The number of carbonyl (C=O) groups is 3. The number of ketones is 1. The van der Waals surface area contributed by atoms with Crippen molar-refractivity contribution in [1.82, 2.24) is 19.4 Å². The van der Waals surface area contributed by atoms with Crippen LogP contribution in [0.5, 0.6) is 5.75 Å². The Labute approximate surface area is 195 Å². The number of likely N-dealkylation sites (tertiary alicyclic amines) is 1. The fraction of sp³-hybridized carbons (Fsp3) is 0.435. The van der Waals surface area contributed by atoms with Crippen LogP contribution in [0.25, 0.3) is 0 Å². The van der Waals surface area contributed by atoms with Gasteiger partial charge in [0.2, 0.25) is 5.75 Å². The van der Waals surface area contributed by atoms with Crippen LogP contribution in [0.2, 0.25) is 0 Å². The van der Waals surface area contributed by atoms with E-state index in [1.165, 1.54) is 45.3 Å².